The molecule has 0 unspecified atom stereocenters. The van der Waals surface area contributed by atoms with Gasteiger partial charge in [0.15, 0.2) is 0 Å². The van der Waals surface area contributed by atoms with E-state index < -0.39 is 0 Å². The fourth-order valence-corrected chi connectivity index (χ4v) is 1.43. The van der Waals surface area contributed by atoms with Crippen molar-refractivity contribution in [2.45, 2.75) is 13.8 Å². The highest BCUT2D eigenvalue weighted by Gasteiger charge is 1.90. The summed E-state index contributed by atoms with van der Waals surface area (Å²) in [6, 6.07) is 9.71. The summed E-state index contributed by atoms with van der Waals surface area (Å²) >= 11 is 0. The Bertz CT molecular complexity index is 507. The third-order valence-electron chi connectivity index (χ3n) is 2.34. The molecule has 0 fully saturated rings. The van der Waals surface area contributed by atoms with E-state index in [1.165, 1.54) is 6.08 Å². The monoisotopic (exact) mass is 253 g/mol. The number of allylic oxidation sites excluding steroid dienone is 5. The number of rotatable bonds is 5. The van der Waals surface area contributed by atoms with Crippen LogP contribution in [0, 0.1) is 0 Å². The van der Waals surface area contributed by atoms with Crippen LogP contribution in [0.25, 0.3) is 6.08 Å². The molecular formula is C17H19NO. The van der Waals surface area contributed by atoms with Crippen molar-refractivity contribution < 1.29 is 4.79 Å². The summed E-state index contributed by atoms with van der Waals surface area (Å²) in [5.41, 5.74) is 2.14. The molecule has 0 heterocycles. The first-order valence-corrected chi connectivity index (χ1v) is 6.22. The maximum atomic E-state index is 11.5. The Balaban J connectivity index is 2.42. The van der Waals surface area contributed by atoms with Gasteiger partial charge in [-0.3, -0.25) is 4.79 Å². The summed E-state index contributed by atoms with van der Waals surface area (Å²) in [7, 11) is 0. The molecule has 0 aliphatic carbocycles. The lowest BCUT2D eigenvalue weighted by molar-refractivity contribution is -0.115. The van der Waals surface area contributed by atoms with Gasteiger partial charge in [-0.25, -0.2) is 0 Å². The first-order chi connectivity index (χ1) is 9.22. The Labute approximate surface area is 114 Å². The van der Waals surface area contributed by atoms with Crippen LogP contribution >= 0.6 is 0 Å². The molecule has 0 bridgehead atoms. The topological polar surface area (TPSA) is 29.1 Å². The molecule has 1 aromatic carbocycles. The van der Waals surface area contributed by atoms with Crippen LogP contribution in [0.5, 0.6) is 0 Å². The molecule has 0 saturated carbocycles. The van der Waals surface area contributed by atoms with Crippen molar-refractivity contribution in [2.24, 2.45) is 0 Å². The van der Waals surface area contributed by atoms with Gasteiger partial charge in [0, 0.05) is 12.3 Å². The average molecular weight is 253 g/mol. The van der Waals surface area contributed by atoms with Crippen molar-refractivity contribution in [3.8, 4) is 0 Å². The zero-order chi connectivity index (χ0) is 13.9. The molecule has 0 atom stereocenters. The quantitative estimate of drug-likeness (QED) is 0.626. The molecular weight excluding hydrogens is 234 g/mol. The third kappa shape index (κ3) is 6.84. The molecule has 1 N–H and O–H groups in total. The van der Waals surface area contributed by atoms with E-state index in [1.807, 2.05) is 68.5 Å². The Morgan fingerprint density at radius 3 is 2.58 bits per heavy atom. The lowest BCUT2D eigenvalue weighted by atomic mass is 10.2. The molecule has 0 aliphatic rings. The van der Waals surface area contributed by atoms with Gasteiger partial charge in [-0.1, -0.05) is 54.1 Å². The lowest BCUT2D eigenvalue weighted by Gasteiger charge is -1.93. The SMILES string of the molecule is C\C=C/C(C)=C\C=C\NC(=O)/C=C/c1ccccc1. The number of hydrogen-bond donors (Lipinski definition) is 1. The minimum Gasteiger partial charge on any atom is -0.329 e. The van der Waals surface area contributed by atoms with Crippen LogP contribution in [0.15, 0.2) is 72.5 Å². The zero-order valence-electron chi connectivity index (χ0n) is 11.3. The molecule has 98 valence electrons. The number of amides is 1. The standard InChI is InChI=1S/C17H19NO/c1-3-8-15(2)9-7-14-18-17(19)13-12-16-10-5-4-6-11-16/h3-14H,1-2H3,(H,18,19)/b8-3-,13-12+,14-7+,15-9-. The van der Waals surface area contributed by atoms with Gasteiger partial charge in [0.05, 0.1) is 0 Å². The molecule has 0 spiro atoms. The predicted octanol–water partition coefficient (Wildman–Crippen LogP) is 3.85. The van der Waals surface area contributed by atoms with Gasteiger partial charge in [-0.05, 0) is 31.6 Å². The minimum atomic E-state index is -0.141. The van der Waals surface area contributed by atoms with Gasteiger partial charge in [0.1, 0.15) is 0 Å². The number of benzene rings is 1. The van der Waals surface area contributed by atoms with Gasteiger partial charge >= 0.3 is 0 Å². The Kier molecular flexibility index (Phi) is 6.73. The third-order valence-corrected chi connectivity index (χ3v) is 2.34. The fourth-order valence-electron chi connectivity index (χ4n) is 1.43. The van der Waals surface area contributed by atoms with Gasteiger partial charge in [-0.15, -0.1) is 0 Å². The Morgan fingerprint density at radius 1 is 1.16 bits per heavy atom. The number of hydrogen-bond acceptors (Lipinski definition) is 1. The van der Waals surface area contributed by atoms with Crippen molar-refractivity contribution in [3.63, 3.8) is 0 Å². The maximum absolute atomic E-state index is 11.5. The molecule has 1 rings (SSSR count). The summed E-state index contributed by atoms with van der Waals surface area (Å²) in [5.74, 6) is -0.141. The van der Waals surface area contributed by atoms with Crippen molar-refractivity contribution in [1.82, 2.24) is 5.32 Å². The molecule has 1 aromatic rings. The van der Waals surface area contributed by atoms with Crippen LogP contribution in [-0.2, 0) is 4.79 Å². The van der Waals surface area contributed by atoms with E-state index >= 15 is 0 Å². The fraction of sp³-hybridized carbons (Fsp3) is 0.118. The van der Waals surface area contributed by atoms with Crippen molar-refractivity contribution in [2.75, 3.05) is 0 Å². The van der Waals surface area contributed by atoms with Crippen molar-refractivity contribution in [1.29, 1.82) is 0 Å². The average Bonchev–Trinajstić information content (AvgIpc) is 2.43. The minimum absolute atomic E-state index is 0.141. The second-order valence-corrected chi connectivity index (χ2v) is 4.02. The normalized spacial score (nSPS) is 12.6. The van der Waals surface area contributed by atoms with Gasteiger partial charge in [0.2, 0.25) is 5.91 Å². The molecule has 1 amide bonds. The van der Waals surface area contributed by atoms with E-state index in [1.54, 1.807) is 12.3 Å². The molecule has 0 aliphatic heterocycles. The van der Waals surface area contributed by atoms with E-state index in [-0.39, 0.29) is 5.91 Å². The van der Waals surface area contributed by atoms with Crippen LogP contribution < -0.4 is 5.32 Å². The van der Waals surface area contributed by atoms with Crippen molar-refractivity contribution in [3.05, 3.63) is 78.0 Å². The molecule has 19 heavy (non-hydrogen) atoms. The van der Waals surface area contributed by atoms with E-state index in [0.29, 0.717) is 0 Å². The summed E-state index contributed by atoms with van der Waals surface area (Å²) in [6.07, 6.45) is 12.6. The van der Waals surface area contributed by atoms with Gasteiger partial charge in [0.25, 0.3) is 0 Å². The first kappa shape index (κ1) is 14.7. The highest BCUT2D eigenvalue weighted by atomic mass is 16.1. The summed E-state index contributed by atoms with van der Waals surface area (Å²) in [4.78, 5) is 11.5. The predicted molar refractivity (Wildman–Crippen MR) is 81.3 cm³/mol. The molecule has 0 saturated heterocycles. The van der Waals surface area contributed by atoms with Crippen LogP contribution in [0.3, 0.4) is 0 Å². The largest absolute Gasteiger partial charge is 0.329 e. The van der Waals surface area contributed by atoms with E-state index in [2.05, 4.69) is 5.32 Å². The molecule has 2 nitrogen and oxygen atoms in total. The van der Waals surface area contributed by atoms with Crippen LogP contribution in [0.4, 0.5) is 0 Å². The van der Waals surface area contributed by atoms with Crippen LogP contribution in [0.2, 0.25) is 0 Å². The maximum Gasteiger partial charge on any atom is 0.247 e. The highest BCUT2D eigenvalue weighted by Crippen LogP contribution is 2.00. The zero-order valence-corrected chi connectivity index (χ0v) is 11.3. The van der Waals surface area contributed by atoms with Crippen molar-refractivity contribution >= 4 is 12.0 Å². The summed E-state index contributed by atoms with van der Waals surface area (Å²) in [5, 5.41) is 2.68. The van der Waals surface area contributed by atoms with Crippen LogP contribution in [-0.4, -0.2) is 5.91 Å². The number of carbonyl (C=O) groups is 1. The van der Waals surface area contributed by atoms with Gasteiger partial charge < -0.3 is 5.32 Å². The Morgan fingerprint density at radius 2 is 1.89 bits per heavy atom. The number of carbonyl (C=O) groups excluding carboxylic acids is 1. The summed E-state index contributed by atoms with van der Waals surface area (Å²) in [6.45, 7) is 3.97. The summed E-state index contributed by atoms with van der Waals surface area (Å²) < 4.78 is 0. The molecule has 0 aromatic heterocycles. The first-order valence-electron chi connectivity index (χ1n) is 6.22. The van der Waals surface area contributed by atoms with E-state index in [9.17, 15) is 4.79 Å². The van der Waals surface area contributed by atoms with Crippen LogP contribution in [0.1, 0.15) is 19.4 Å². The molecule has 2 heteroatoms. The smallest absolute Gasteiger partial charge is 0.247 e. The van der Waals surface area contributed by atoms with Gasteiger partial charge in [-0.2, -0.15) is 0 Å². The second kappa shape index (κ2) is 8.70. The van der Waals surface area contributed by atoms with E-state index in [0.717, 1.165) is 11.1 Å². The second-order valence-electron chi connectivity index (χ2n) is 4.02. The highest BCUT2D eigenvalue weighted by molar-refractivity contribution is 5.92. The Hall–Kier alpha value is -2.35. The molecule has 0 radical (unpaired) electrons. The lowest BCUT2D eigenvalue weighted by Crippen LogP contribution is -2.12. The number of nitrogens with one attached hydrogen (secondary N) is 1. The van der Waals surface area contributed by atoms with E-state index in [4.69, 9.17) is 0 Å².